The van der Waals surface area contributed by atoms with Crippen LogP contribution in [0, 0.1) is 30.2 Å². The van der Waals surface area contributed by atoms with Crippen molar-refractivity contribution in [3.05, 3.63) is 70.3 Å². The van der Waals surface area contributed by atoms with Gasteiger partial charge in [-0.15, -0.1) is 0 Å². The summed E-state index contributed by atoms with van der Waals surface area (Å²) in [7, 11) is 0. The predicted molar refractivity (Wildman–Crippen MR) is 66.6 cm³/mol. The summed E-state index contributed by atoms with van der Waals surface area (Å²) in [5.74, 6) is 0.594. The Kier molecular flexibility index (Phi) is 4.06. The summed E-state index contributed by atoms with van der Waals surface area (Å²) >= 11 is 0. The van der Waals surface area contributed by atoms with Crippen molar-refractivity contribution in [1.82, 2.24) is 5.43 Å². The summed E-state index contributed by atoms with van der Waals surface area (Å²) in [6.45, 7) is 1.68. The highest BCUT2D eigenvalue weighted by atomic mass is 19.2. The summed E-state index contributed by atoms with van der Waals surface area (Å²) in [4.78, 5) is 0. The van der Waals surface area contributed by atoms with Crippen molar-refractivity contribution in [2.45, 2.75) is 13.0 Å². The van der Waals surface area contributed by atoms with Gasteiger partial charge in [0.1, 0.15) is 5.82 Å². The van der Waals surface area contributed by atoms with Gasteiger partial charge < -0.3 is 0 Å². The summed E-state index contributed by atoms with van der Waals surface area (Å²) in [5.41, 5.74) is 3.08. The number of nitrogens with one attached hydrogen (secondary N) is 1. The molecule has 20 heavy (non-hydrogen) atoms. The minimum Gasteiger partial charge on any atom is -0.271 e. The van der Waals surface area contributed by atoms with Gasteiger partial charge in [0.15, 0.2) is 17.5 Å². The maximum Gasteiger partial charge on any atom is 0.194 e. The van der Waals surface area contributed by atoms with Crippen molar-refractivity contribution >= 4 is 0 Å². The van der Waals surface area contributed by atoms with Crippen molar-refractivity contribution in [2.24, 2.45) is 5.84 Å². The number of hydrogen-bond donors (Lipinski definition) is 2. The average molecular weight is 284 g/mol. The normalized spacial score (nSPS) is 12.5. The molecule has 0 aliphatic carbocycles. The molecule has 0 spiro atoms. The molecule has 0 bridgehead atoms. The Hall–Kier alpha value is -1.92. The molecule has 1 unspecified atom stereocenters. The quantitative estimate of drug-likeness (QED) is 0.393. The van der Waals surface area contributed by atoms with Crippen molar-refractivity contribution in [3.8, 4) is 0 Å². The topological polar surface area (TPSA) is 38.0 Å². The van der Waals surface area contributed by atoms with Gasteiger partial charge in [-0.3, -0.25) is 5.84 Å². The maximum atomic E-state index is 13.8. The lowest BCUT2D eigenvalue weighted by atomic mass is 9.95. The molecular weight excluding hydrogens is 272 g/mol. The largest absolute Gasteiger partial charge is 0.271 e. The third-order valence-corrected chi connectivity index (χ3v) is 3.10. The Morgan fingerprint density at radius 1 is 0.950 bits per heavy atom. The lowest BCUT2D eigenvalue weighted by Gasteiger charge is -2.20. The number of aryl methyl sites for hydroxylation is 1. The lowest BCUT2D eigenvalue weighted by molar-refractivity contribution is 0.433. The fourth-order valence-electron chi connectivity index (χ4n) is 2.03. The third kappa shape index (κ3) is 2.52. The van der Waals surface area contributed by atoms with Gasteiger partial charge in [0.25, 0.3) is 0 Å². The lowest BCUT2D eigenvalue weighted by Crippen LogP contribution is -2.30. The minimum absolute atomic E-state index is 0.194. The van der Waals surface area contributed by atoms with Crippen molar-refractivity contribution in [2.75, 3.05) is 0 Å². The van der Waals surface area contributed by atoms with E-state index in [2.05, 4.69) is 5.43 Å². The van der Waals surface area contributed by atoms with E-state index in [-0.39, 0.29) is 5.56 Å². The molecule has 2 aromatic rings. The van der Waals surface area contributed by atoms with Crippen LogP contribution < -0.4 is 11.3 Å². The Balaban J connectivity index is 2.58. The SMILES string of the molecule is Cc1ccc(F)cc1C(NN)c1ccc(F)c(F)c1F. The number of rotatable bonds is 3. The number of halogens is 4. The molecule has 0 aromatic heterocycles. The van der Waals surface area contributed by atoms with Crippen LogP contribution in [0.15, 0.2) is 30.3 Å². The highest BCUT2D eigenvalue weighted by Crippen LogP contribution is 2.28. The molecule has 0 aliphatic heterocycles. The van der Waals surface area contributed by atoms with Gasteiger partial charge in [0.2, 0.25) is 0 Å². The number of benzene rings is 2. The first-order chi connectivity index (χ1) is 9.45. The minimum atomic E-state index is -1.59. The zero-order valence-electron chi connectivity index (χ0n) is 10.6. The van der Waals surface area contributed by atoms with Gasteiger partial charge in [-0.1, -0.05) is 12.1 Å². The highest BCUT2D eigenvalue weighted by Gasteiger charge is 2.23. The van der Waals surface area contributed by atoms with Gasteiger partial charge in [-0.2, -0.15) is 0 Å². The van der Waals surface area contributed by atoms with Crippen LogP contribution in [0.2, 0.25) is 0 Å². The van der Waals surface area contributed by atoms with Crippen LogP contribution in [-0.2, 0) is 0 Å². The number of hydrazine groups is 1. The Labute approximate surface area is 113 Å². The fourth-order valence-corrected chi connectivity index (χ4v) is 2.03. The maximum absolute atomic E-state index is 13.8. The van der Waals surface area contributed by atoms with Gasteiger partial charge in [-0.05, 0) is 36.2 Å². The summed E-state index contributed by atoms with van der Waals surface area (Å²) in [6, 6.07) is 4.79. The molecule has 2 nitrogen and oxygen atoms in total. The van der Waals surface area contributed by atoms with Crippen LogP contribution >= 0.6 is 0 Å². The summed E-state index contributed by atoms with van der Waals surface area (Å²) < 4.78 is 53.4. The average Bonchev–Trinajstić information content (AvgIpc) is 2.43. The predicted octanol–water partition coefficient (Wildman–Crippen LogP) is 3.10. The van der Waals surface area contributed by atoms with Crippen LogP contribution in [0.25, 0.3) is 0 Å². The van der Waals surface area contributed by atoms with E-state index in [9.17, 15) is 17.6 Å². The third-order valence-electron chi connectivity index (χ3n) is 3.10. The fraction of sp³-hybridized carbons (Fsp3) is 0.143. The van der Waals surface area contributed by atoms with Crippen molar-refractivity contribution < 1.29 is 17.6 Å². The van der Waals surface area contributed by atoms with Crippen LogP contribution in [-0.4, -0.2) is 0 Å². The van der Waals surface area contributed by atoms with E-state index in [0.717, 1.165) is 12.1 Å². The Morgan fingerprint density at radius 3 is 2.30 bits per heavy atom. The van der Waals surface area contributed by atoms with Gasteiger partial charge in [0.05, 0.1) is 6.04 Å². The zero-order valence-corrected chi connectivity index (χ0v) is 10.6. The van der Waals surface area contributed by atoms with E-state index < -0.39 is 29.3 Å². The van der Waals surface area contributed by atoms with E-state index in [1.54, 1.807) is 6.92 Å². The van der Waals surface area contributed by atoms with E-state index in [4.69, 9.17) is 5.84 Å². The first-order valence-electron chi connectivity index (χ1n) is 5.81. The molecule has 2 aromatic carbocycles. The standard InChI is InChI=1S/C14H12F4N2/c1-7-2-3-8(15)6-10(7)14(20-19)9-4-5-11(16)13(18)12(9)17/h2-6,14,20H,19H2,1H3. The summed E-state index contributed by atoms with van der Waals surface area (Å²) in [5, 5.41) is 0. The van der Waals surface area contributed by atoms with E-state index >= 15 is 0 Å². The number of nitrogens with two attached hydrogens (primary N) is 1. The molecule has 0 heterocycles. The first-order valence-corrected chi connectivity index (χ1v) is 5.81. The molecule has 0 radical (unpaired) electrons. The second kappa shape index (κ2) is 5.60. The Morgan fingerprint density at radius 2 is 1.65 bits per heavy atom. The van der Waals surface area contributed by atoms with Crippen LogP contribution in [0.4, 0.5) is 17.6 Å². The van der Waals surface area contributed by atoms with Crippen molar-refractivity contribution in [1.29, 1.82) is 0 Å². The van der Waals surface area contributed by atoms with E-state index in [0.29, 0.717) is 11.1 Å². The smallest absolute Gasteiger partial charge is 0.194 e. The molecule has 3 N–H and O–H groups in total. The molecule has 0 saturated heterocycles. The molecule has 6 heteroatoms. The van der Waals surface area contributed by atoms with Crippen LogP contribution in [0.5, 0.6) is 0 Å². The highest BCUT2D eigenvalue weighted by molar-refractivity contribution is 5.38. The van der Waals surface area contributed by atoms with Crippen molar-refractivity contribution in [3.63, 3.8) is 0 Å². The molecule has 1 atom stereocenters. The molecular formula is C14H12F4N2. The van der Waals surface area contributed by atoms with Crippen LogP contribution in [0.1, 0.15) is 22.7 Å². The van der Waals surface area contributed by atoms with E-state index in [1.165, 1.54) is 18.2 Å². The van der Waals surface area contributed by atoms with Gasteiger partial charge in [-0.25, -0.2) is 23.0 Å². The Bertz CT molecular complexity index is 643. The second-order valence-corrected chi connectivity index (χ2v) is 4.37. The molecule has 0 amide bonds. The van der Waals surface area contributed by atoms with Gasteiger partial charge >= 0.3 is 0 Å². The zero-order chi connectivity index (χ0) is 14.9. The second-order valence-electron chi connectivity index (χ2n) is 4.37. The molecule has 0 saturated carbocycles. The molecule has 106 valence electrons. The molecule has 2 rings (SSSR count). The van der Waals surface area contributed by atoms with E-state index in [1.807, 2.05) is 0 Å². The number of hydrogen-bond acceptors (Lipinski definition) is 2. The molecule has 0 fully saturated rings. The first kappa shape index (κ1) is 14.5. The van der Waals surface area contributed by atoms with Gasteiger partial charge in [0, 0.05) is 5.56 Å². The van der Waals surface area contributed by atoms with Crippen LogP contribution in [0.3, 0.4) is 0 Å². The molecule has 0 aliphatic rings. The monoisotopic (exact) mass is 284 g/mol. The summed E-state index contributed by atoms with van der Waals surface area (Å²) in [6.07, 6.45) is 0.